The molecule has 19 atom stereocenters. The van der Waals surface area contributed by atoms with E-state index in [1.54, 1.807) is 22.3 Å². The molecule has 0 aromatic heterocycles. The van der Waals surface area contributed by atoms with Crippen LogP contribution in [-0.4, -0.2) is 44.3 Å². The first kappa shape index (κ1) is 68.2. The van der Waals surface area contributed by atoms with E-state index in [-0.39, 0.29) is 43.8 Å². The molecular weight excluding hydrogens is 1090 g/mol. The highest BCUT2D eigenvalue weighted by molar-refractivity contribution is 5.77. The Morgan fingerprint density at radius 3 is 1.15 bits per heavy atom. The third-order valence-electron chi connectivity index (χ3n) is 29.2. The fraction of sp³-hybridized carbons (Fsp3) is 0.750. The average molecular weight is 1210 g/mol. The van der Waals surface area contributed by atoms with E-state index < -0.39 is 45.5 Å². The van der Waals surface area contributed by atoms with Gasteiger partial charge in [0, 0.05) is 10.8 Å². The van der Waals surface area contributed by atoms with Gasteiger partial charge in [0.15, 0.2) is 0 Å². The van der Waals surface area contributed by atoms with Crippen molar-refractivity contribution in [3.63, 3.8) is 0 Å². The number of hydrogen-bond acceptors (Lipinski definition) is 4. The second-order valence-corrected chi connectivity index (χ2v) is 34.7. The lowest BCUT2D eigenvalue weighted by molar-refractivity contribution is -0.165. The summed E-state index contributed by atoms with van der Waals surface area (Å²) in [6.45, 7) is 41.0. The molecule has 88 heavy (non-hydrogen) atoms. The van der Waals surface area contributed by atoms with Crippen molar-refractivity contribution in [1.29, 1.82) is 0 Å². The molecule has 8 nitrogen and oxygen atoms in total. The van der Waals surface area contributed by atoms with Crippen molar-refractivity contribution in [3.8, 4) is 0 Å². The molecule has 8 saturated carbocycles. The summed E-state index contributed by atoms with van der Waals surface area (Å²) in [5.41, 5.74) is 6.86. The summed E-state index contributed by atoms with van der Waals surface area (Å²) in [6.07, 6.45) is 47.4. The highest BCUT2D eigenvalue weighted by atomic mass is 16.4. The number of carboxylic acids is 4. The van der Waals surface area contributed by atoms with Crippen LogP contribution in [0.5, 0.6) is 0 Å². The minimum absolute atomic E-state index is 0.139. The van der Waals surface area contributed by atoms with E-state index in [0.29, 0.717) is 47.3 Å². The number of aliphatic carboxylic acids is 4. The predicted octanol–water partition coefficient (Wildman–Crippen LogP) is 20.8. The summed E-state index contributed by atoms with van der Waals surface area (Å²) in [7, 11) is 0. The van der Waals surface area contributed by atoms with Crippen LogP contribution in [-0.2, 0) is 19.2 Å². The van der Waals surface area contributed by atoms with Crippen LogP contribution in [0.3, 0.4) is 0 Å². The zero-order chi connectivity index (χ0) is 64.6. The second kappa shape index (κ2) is 24.4. The fourth-order valence-electron chi connectivity index (χ4n) is 23.4. The molecule has 0 radical (unpaired) electrons. The molecule has 0 aliphatic heterocycles. The van der Waals surface area contributed by atoms with Crippen molar-refractivity contribution >= 4 is 23.9 Å². The van der Waals surface area contributed by atoms with Crippen molar-refractivity contribution in [2.75, 3.05) is 0 Å². The third-order valence-corrected chi connectivity index (χ3v) is 29.2. The predicted molar refractivity (Wildman–Crippen MR) is 358 cm³/mol. The maximum absolute atomic E-state index is 12.0. The van der Waals surface area contributed by atoms with Crippen LogP contribution < -0.4 is 0 Å². The number of hydrogen-bond donors (Lipinski definition) is 4. The van der Waals surface area contributed by atoms with E-state index in [4.69, 9.17) is 0 Å². The number of fused-ring (bicyclic) bond motifs is 12. The zero-order valence-corrected chi connectivity index (χ0v) is 57.5. The molecule has 0 spiro atoms. The van der Waals surface area contributed by atoms with Crippen molar-refractivity contribution in [3.05, 3.63) is 96.2 Å². The maximum atomic E-state index is 12.0. The van der Waals surface area contributed by atoms with Crippen molar-refractivity contribution in [1.82, 2.24) is 0 Å². The van der Waals surface area contributed by atoms with Crippen molar-refractivity contribution in [2.45, 2.75) is 263 Å². The Morgan fingerprint density at radius 2 is 0.773 bits per heavy atom. The van der Waals surface area contributed by atoms with Crippen LogP contribution in [0.4, 0.5) is 0 Å². The van der Waals surface area contributed by atoms with Gasteiger partial charge in [-0.3, -0.25) is 19.2 Å². The van der Waals surface area contributed by atoms with Crippen LogP contribution in [0.25, 0.3) is 0 Å². The van der Waals surface area contributed by atoms with Crippen molar-refractivity contribution < 1.29 is 39.6 Å². The van der Waals surface area contributed by atoms with Gasteiger partial charge < -0.3 is 20.4 Å². The van der Waals surface area contributed by atoms with Gasteiger partial charge in [-0.15, -0.1) is 19.7 Å². The monoisotopic (exact) mass is 1210 g/mol. The van der Waals surface area contributed by atoms with Gasteiger partial charge >= 0.3 is 23.9 Å². The van der Waals surface area contributed by atoms with Crippen LogP contribution in [0.15, 0.2) is 96.2 Å². The van der Waals surface area contributed by atoms with Gasteiger partial charge in [-0.1, -0.05) is 159 Å². The molecule has 12 aliphatic rings. The maximum Gasteiger partial charge on any atom is 0.309 e. The summed E-state index contributed by atoms with van der Waals surface area (Å²) in [5, 5.41) is 39.3. The molecule has 1 unspecified atom stereocenters. The first-order valence-electron chi connectivity index (χ1n) is 35.4. The van der Waals surface area contributed by atoms with Gasteiger partial charge in [-0.05, 0) is 261 Å². The molecule has 0 saturated heterocycles. The van der Waals surface area contributed by atoms with E-state index in [1.165, 1.54) is 56.9 Å². The second-order valence-electron chi connectivity index (χ2n) is 34.7. The first-order chi connectivity index (χ1) is 41.0. The van der Waals surface area contributed by atoms with Gasteiger partial charge in [0.05, 0.1) is 21.7 Å². The molecular formula is C80H120O8. The topological polar surface area (TPSA) is 149 Å². The summed E-state index contributed by atoms with van der Waals surface area (Å²) in [4.78, 5) is 47.8. The molecule has 8 heteroatoms. The number of rotatable bonds is 8. The number of carbonyl (C=O) groups is 4. The highest BCUT2D eigenvalue weighted by Crippen LogP contribution is 2.68. The molecule has 8 fully saturated rings. The summed E-state index contributed by atoms with van der Waals surface area (Å²) in [6, 6.07) is 0. The Kier molecular flexibility index (Phi) is 18.9. The average Bonchev–Trinajstić information content (AvgIpc) is 0.781. The first-order valence-corrected chi connectivity index (χ1v) is 35.4. The molecule has 12 aliphatic carbocycles. The SMILES string of the molecule is C=C[C@@]1(C)C=C2CCC3[C@](C)(C(=O)O)CCC[C@]3(C)[C@H]2CC1.C=C[C@@]1(C)C=C2CC[C@@H]3[C@](C)(CCC[C@@]3(C)C(=O)O)[C@H]2CC1.C=C[C@@]1(C)CC[C@H]2C(=CC[C@@H]3[C@]2(C)CCC[C@@]3(C)C(=O)O)C1.CC(C)C1=CC[C@H]2C(=C1)CC[C@@H]1[C@]2(C)CCC[C@@]1(C)C(=O)O. The van der Waals surface area contributed by atoms with E-state index >= 15 is 0 Å². The van der Waals surface area contributed by atoms with Crippen LogP contribution >= 0.6 is 0 Å². The lowest BCUT2D eigenvalue weighted by Crippen LogP contribution is -2.54. The Bertz CT molecular complexity index is 2820. The molecule has 0 aromatic carbocycles. The molecule has 0 bridgehead atoms. The van der Waals surface area contributed by atoms with Gasteiger partial charge in [-0.2, -0.15) is 0 Å². The van der Waals surface area contributed by atoms with Gasteiger partial charge in [0.25, 0.3) is 0 Å². The molecule has 0 heterocycles. The molecule has 0 aromatic rings. The minimum Gasteiger partial charge on any atom is -0.481 e. The fourth-order valence-corrected chi connectivity index (χ4v) is 23.4. The summed E-state index contributed by atoms with van der Waals surface area (Å²) < 4.78 is 0. The Balaban J connectivity index is 0.000000140. The summed E-state index contributed by atoms with van der Waals surface area (Å²) >= 11 is 0. The summed E-state index contributed by atoms with van der Waals surface area (Å²) in [5.74, 6) is 1.82. The van der Waals surface area contributed by atoms with Crippen LogP contribution in [0.1, 0.15) is 263 Å². The van der Waals surface area contributed by atoms with Crippen LogP contribution in [0, 0.1) is 113 Å². The van der Waals surface area contributed by atoms with Gasteiger partial charge in [0.1, 0.15) is 0 Å². The standard InChI is InChI=1S/4C20H30O2/c1-13(2)14-6-8-16-15(12-14)7-9-17-19(16,3)10-5-11-20(17,4)18(21)22;3*1-5-18(2)12-9-15-14(13-18)7-8-16-19(15,3)10-6-11-20(16,4)17(21)22/h6,12-13,16-17H,5,7-11H2,1-4H3,(H,21,22);2*5,13,15-16H,1,6-12H2,2-4H3,(H,21,22);5,7,15-16H,1,6,8-13H2,2-4H3,(H,21,22)/t16-,17+,19+,20+;15-,16?,18+,19+,20+;15-,16+,18+,19+,20+;15-,16+,18-,19+,20+/m0000/s1. The third kappa shape index (κ3) is 11.6. The molecule has 12 rings (SSSR count). The highest BCUT2D eigenvalue weighted by Gasteiger charge is 2.62. The van der Waals surface area contributed by atoms with Crippen molar-refractivity contribution in [2.24, 2.45) is 113 Å². The van der Waals surface area contributed by atoms with E-state index in [1.807, 2.05) is 27.7 Å². The van der Waals surface area contributed by atoms with Crippen LogP contribution in [0.2, 0.25) is 0 Å². The smallest absolute Gasteiger partial charge is 0.309 e. The van der Waals surface area contributed by atoms with E-state index in [0.717, 1.165) is 122 Å². The van der Waals surface area contributed by atoms with E-state index in [9.17, 15) is 39.6 Å². The zero-order valence-electron chi connectivity index (χ0n) is 57.5. The lowest BCUT2D eigenvalue weighted by Gasteiger charge is -2.59. The Morgan fingerprint density at radius 1 is 0.420 bits per heavy atom. The Labute approximate surface area is 533 Å². The quantitative estimate of drug-likeness (QED) is 0.176. The van der Waals surface area contributed by atoms with E-state index in [2.05, 4.69) is 131 Å². The molecule has 4 N–H and O–H groups in total. The molecule has 488 valence electrons. The Hall–Kier alpha value is -4.20. The normalized spacial score (nSPS) is 46.2. The minimum atomic E-state index is -0.591. The number of allylic oxidation sites excluding steroid dienone is 13. The largest absolute Gasteiger partial charge is 0.481 e. The molecule has 0 amide bonds. The van der Waals surface area contributed by atoms with Gasteiger partial charge in [0.2, 0.25) is 0 Å². The lowest BCUT2D eigenvalue weighted by atomic mass is 9.45. The number of carboxylic acid groups (broad SMARTS) is 4. The van der Waals surface area contributed by atoms with Gasteiger partial charge in [-0.25, -0.2) is 0 Å².